The normalized spacial score (nSPS) is 18.6. The lowest BCUT2D eigenvalue weighted by Crippen LogP contribution is -2.24. The second-order valence-electron chi connectivity index (χ2n) is 5.85. The summed E-state index contributed by atoms with van der Waals surface area (Å²) in [4.78, 5) is 14.2. The largest absolute Gasteiger partial charge is 0.462 e. The molecular formula is C19H21NO3. The average molecular weight is 311 g/mol. The number of carbonyl (C=O) groups is 1. The molecule has 2 heterocycles. The minimum atomic E-state index is -0.314. The summed E-state index contributed by atoms with van der Waals surface area (Å²) in [6.45, 7) is 4.51. The van der Waals surface area contributed by atoms with Gasteiger partial charge in [-0.3, -0.25) is 4.90 Å². The highest BCUT2D eigenvalue weighted by Gasteiger charge is 2.24. The Labute approximate surface area is 136 Å². The van der Waals surface area contributed by atoms with Crippen molar-refractivity contribution in [1.82, 2.24) is 4.90 Å². The molecule has 1 aromatic carbocycles. The van der Waals surface area contributed by atoms with E-state index in [9.17, 15) is 4.79 Å². The van der Waals surface area contributed by atoms with Crippen LogP contribution in [0.1, 0.15) is 23.5 Å². The van der Waals surface area contributed by atoms with Gasteiger partial charge >= 0.3 is 5.97 Å². The Hall–Kier alpha value is -2.33. The van der Waals surface area contributed by atoms with Gasteiger partial charge in [-0.15, -0.1) is 0 Å². The molecule has 3 rings (SSSR count). The van der Waals surface area contributed by atoms with E-state index in [2.05, 4.69) is 17.0 Å². The molecular weight excluding hydrogens is 290 g/mol. The van der Waals surface area contributed by atoms with Crippen LogP contribution in [0, 0.1) is 6.92 Å². The average Bonchev–Trinajstić information content (AvgIpc) is 3.15. The number of likely N-dealkylation sites (tertiary alicyclic amines) is 1. The molecule has 23 heavy (non-hydrogen) atoms. The van der Waals surface area contributed by atoms with Gasteiger partial charge in [0.1, 0.15) is 17.6 Å². The summed E-state index contributed by atoms with van der Waals surface area (Å²) in [6, 6.07) is 14.0. The molecule has 4 heteroatoms. The van der Waals surface area contributed by atoms with Crippen LogP contribution in [0.3, 0.4) is 0 Å². The van der Waals surface area contributed by atoms with Crippen molar-refractivity contribution in [3.05, 3.63) is 65.6 Å². The number of hydrogen-bond donors (Lipinski definition) is 0. The lowest BCUT2D eigenvalue weighted by molar-refractivity contribution is -0.142. The van der Waals surface area contributed by atoms with Crippen molar-refractivity contribution >= 4 is 12.0 Å². The number of aryl methyl sites for hydroxylation is 1. The molecule has 0 saturated carbocycles. The molecule has 2 aromatic rings. The molecule has 0 unspecified atom stereocenters. The molecule has 1 aliphatic rings. The van der Waals surface area contributed by atoms with Gasteiger partial charge in [-0.1, -0.05) is 30.3 Å². The van der Waals surface area contributed by atoms with Crippen LogP contribution >= 0.6 is 0 Å². The van der Waals surface area contributed by atoms with E-state index in [-0.39, 0.29) is 12.1 Å². The maximum atomic E-state index is 11.9. The fourth-order valence-corrected chi connectivity index (χ4v) is 2.78. The first kappa shape index (κ1) is 15.6. The first-order valence-corrected chi connectivity index (χ1v) is 7.90. The van der Waals surface area contributed by atoms with Crippen LogP contribution in [0.4, 0.5) is 0 Å². The Morgan fingerprint density at radius 2 is 2.13 bits per heavy atom. The molecule has 0 spiro atoms. The predicted molar refractivity (Wildman–Crippen MR) is 88.7 cm³/mol. The second-order valence-corrected chi connectivity index (χ2v) is 5.85. The zero-order valence-corrected chi connectivity index (χ0v) is 13.3. The van der Waals surface area contributed by atoms with E-state index in [0.29, 0.717) is 5.76 Å². The summed E-state index contributed by atoms with van der Waals surface area (Å²) in [5, 5.41) is 0. The smallest absolute Gasteiger partial charge is 0.331 e. The summed E-state index contributed by atoms with van der Waals surface area (Å²) >= 11 is 0. The minimum Gasteiger partial charge on any atom is -0.462 e. The Morgan fingerprint density at radius 1 is 1.30 bits per heavy atom. The minimum absolute atomic E-state index is 0.0331. The Balaban J connectivity index is 1.46. The first-order chi connectivity index (χ1) is 11.2. The van der Waals surface area contributed by atoms with Crippen LogP contribution in [-0.2, 0) is 16.1 Å². The third-order valence-corrected chi connectivity index (χ3v) is 3.91. The zero-order valence-electron chi connectivity index (χ0n) is 13.3. The predicted octanol–water partition coefficient (Wildman–Crippen LogP) is 3.42. The molecule has 1 fully saturated rings. The van der Waals surface area contributed by atoms with Crippen molar-refractivity contribution in [2.24, 2.45) is 0 Å². The standard InChI is InChI=1S/C19H21NO3/c1-15-7-8-17(22-15)9-10-19(21)23-18-11-12-20(14-18)13-16-5-3-2-4-6-16/h2-10,18H,11-14H2,1H3/t18-/m1/s1. The van der Waals surface area contributed by atoms with Crippen molar-refractivity contribution in [3.63, 3.8) is 0 Å². The summed E-state index contributed by atoms with van der Waals surface area (Å²) in [5.74, 6) is 1.17. The van der Waals surface area contributed by atoms with E-state index in [1.807, 2.05) is 37.3 Å². The maximum Gasteiger partial charge on any atom is 0.331 e. The van der Waals surface area contributed by atoms with E-state index >= 15 is 0 Å². The highest BCUT2D eigenvalue weighted by atomic mass is 16.5. The van der Waals surface area contributed by atoms with Gasteiger partial charge in [0.15, 0.2) is 0 Å². The maximum absolute atomic E-state index is 11.9. The lowest BCUT2D eigenvalue weighted by Gasteiger charge is -2.15. The fourth-order valence-electron chi connectivity index (χ4n) is 2.78. The van der Waals surface area contributed by atoms with Crippen LogP contribution in [0.25, 0.3) is 6.08 Å². The first-order valence-electron chi connectivity index (χ1n) is 7.90. The molecule has 1 aromatic heterocycles. The number of esters is 1. The molecule has 4 nitrogen and oxygen atoms in total. The number of rotatable bonds is 5. The third kappa shape index (κ3) is 4.57. The van der Waals surface area contributed by atoms with Crippen molar-refractivity contribution in [1.29, 1.82) is 0 Å². The lowest BCUT2D eigenvalue weighted by atomic mass is 10.2. The topological polar surface area (TPSA) is 42.7 Å². The molecule has 0 bridgehead atoms. The Kier molecular flexibility index (Phi) is 4.93. The van der Waals surface area contributed by atoms with Gasteiger partial charge in [0.2, 0.25) is 0 Å². The highest BCUT2D eigenvalue weighted by Crippen LogP contribution is 2.16. The van der Waals surface area contributed by atoms with Crippen LogP contribution in [0.5, 0.6) is 0 Å². The van der Waals surface area contributed by atoms with Crippen molar-refractivity contribution in [2.75, 3.05) is 13.1 Å². The van der Waals surface area contributed by atoms with Crippen LogP contribution in [-0.4, -0.2) is 30.1 Å². The molecule has 0 amide bonds. The molecule has 0 N–H and O–H groups in total. The number of hydrogen-bond acceptors (Lipinski definition) is 4. The fraction of sp³-hybridized carbons (Fsp3) is 0.316. The molecule has 1 atom stereocenters. The third-order valence-electron chi connectivity index (χ3n) is 3.91. The van der Waals surface area contributed by atoms with Gasteiger partial charge in [-0.25, -0.2) is 4.79 Å². The van der Waals surface area contributed by atoms with Gasteiger partial charge in [0, 0.05) is 25.7 Å². The summed E-state index contributed by atoms with van der Waals surface area (Å²) in [6.07, 6.45) is 3.92. The highest BCUT2D eigenvalue weighted by molar-refractivity contribution is 5.86. The summed E-state index contributed by atoms with van der Waals surface area (Å²) < 4.78 is 10.9. The Morgan fingerprint density at radius 3 is 2.87 bits per heavy atom. The summed E-state index contributed by atoms with van der Waals surface area (Å²) in [5.41, 5.74) is 1.28. The van der Waals surface area contributed by atoms with Crippen LogP contribution in [0.2, 0.25) is 0 Å². The van der Waals surface area contributed by atoms with E-state index < -0.39 is 0 Å². The van der Waals surface area contributed by atoms with Gasteiger partial charge in [-0.2, -0.15) is 0 Å². The molecule has 1 aliphatic heterocycles. The van der Waals surface area contributed by atoms with Crippen LogP contribution < -0.4 is 0 Å². The molecule has 120 valence electrons. The van der Waals surface area contributed by atoms with Gasteiger partial charge in [-0.05, 0) is 37.1 Å². The van der Waals surface area contributed by atoms with E-state index in [0.717, 1.165) is 31.8 Å². The van der Waals surface area contributed by atoms with Gasteiger partial charge in [0.25, 0.3) is 0 Å². The number of nitrogens with zero attached hydrogens (tertiary/aromatic N) is 1. The van der Waals surface area contributed by atoms with E-state index in [1.54, 1.807) is 6.08 Å². The second kappa shape index (κ2) is 7.29. The summed E-state index contributed by atoms with van der Waals surface area (Å²) in [7, 11) is 0. The number of carbonyl (C=O) groups excluding carboxylic acids is 1. The number of benzene rings is 1. The van der Waals surface area contributed by atoms with E-state index in [4.69, 9.17) is 9.15 Å². The molecule has 0 radical (unpaired) electrons. The van der Waals surface area contributed by atoms with Crippen molar-refractivity contribution < 1.29 is 13.9 Å². The molecule has 1 saturated heterocycles. The molecule has 0 aliphatic carbocycles. The van der Waals surface area contributed by atoms with Crippen molar-refractivity contribution in [3.8, 4) is 0 Å². The van der Waals surface area contributed by atoms with Crippen molar-refractivity contribution in [2.45, 2.75) is 26.0 Å². The monoisotopic (exact) mass is 311 g/mol. The van der Waals surface area contributed by atoms with Gasteiger partial charge < -0.3 is 9.15 Å². The van der Waals surface area contributed by atoms with Gasteiger partial charge in [0.05, 0.1) is 0 Å². The number of furan rings is 1. The van der Waals surface area contributed by atoms with Crippen LogP contribution in [0.15, 0.2) is 53.0 Å². The Bertz CT molecular complexity index is 675. The quantitative estimate of drug-likeness (QED) is 0.627. The number of ether oxygens (including phenoxy) is 1. The van der Waals surface area contributed by atoms with E-state index in [1.165, 1.54) is 11.6 Å². The zero-order chi connectivity index (χ0) is 16.1. The SMILES string of the molecule is Cc1ccc(C=CC(=O)O[C@@H]2CCN(Cc3ccccc3)C2)o1.